The highest BCUT2D eigenvalue weighted by Gasteiger charge is 2.06. The number of aromatic nitrogens is 2. The standard InChI is InChI=1S/C9H15BrN4/c1-3-6(4-2)12-9-13-7(10)5-8(11)14-9/h5-6H,3-4H2,1-2H3,(H3,11,12,13,14). The number of nitrogens with two attached hydrogens (primary N) is 1. The molecule has 0 aliphatic rings. The lowest BCUT2D eigenvalue weighted by molar-refractivity contribution is 0.664. The summed E-state index contributed by atoms with van der Waals surface area (Å²) in [6, 6.07) is 2.08. The molecular weight excluding hydrogens is 244 g/mol. The zero-order chi connectivity index (χ0) is 10.6. The fraction of sp³-hybridized carbons (Fsp3) is 0.556. The summed E-state index contributed by atoms with van der Waals surface area (Å²) in [5, 5.41) is 3.23. The van der Waals surface area contributed by atoms with Gasteiger partial charge < -0.3 is 11.1 Å². The first kappa shape index (κ1) is 11.2. The van der Waals surface area contributed by atoms with Crippen molar-refractivity contribution < 1.29 is 0 Å². The van der Waals surface area contributed by atoms with Gasteiger partial charge in [0.25, 0.3) is 0 Å². The fourth-order valence-corrected chi connectivity index (χ4v) is 1.58. The lowest BCUT2D eigenvalue weighted by Crippen LogP contribution is -2.19. The van der Waals surface area contributed by atoms with Crippen molar-refractivity contribution in [2.45, 2.75) is 32.7 Å². The Morgan fingerprint density at radius 2 is 2.07 bits per heavy atom. The van der Waals surface area contributed by atoms with E-state index in [-0.39, 0.29) is 0 Å². The minimum Gasteiger partial charge on any atom is -0.383 e. The first-order valence-electron chi connectivity index (χ1n) is 4.72. The maximum atomic E-state index is 5.60. The minimum absolute atomic E-state index is 0.406. The lowest BCUT2D eigenvalue weighted by atomic mass is 10.2. The first-order chi connectivity index (χ1) is 6.65. The van der Waals surface area contributed by atoms with Crippen LogP contribution in [-0.2, 0) is 0 Å². The van der Waals surface area contributed by atoms with Crippen molar-refractivity contribution >= 4 is 27.7 Å². The Balaban J connectivity index is 2.75. The molecular formula is C9H15BrN4. The zero-order valence-electron chi connectivity index (χ0n) is 8.42. The van der Waals surface area contributed by atoms with Gasteiger partial charge in [0.1, 0.15) is 10.4 Å². The second-order valence-electron chi connectivity index (χ2n) is 3.10. The van der Waals surface area contributed by atoms with Crippen molar-refractivity contribution in [1.82, 2.24) is 9.97 Å². The van der Waals surface area contributed by atoms with Gasteiger partial charge in [-0.3, -0.25) is 0 Å². The van der Waals surface area contributed by atoms with Gasteiger partial charge in [0.15, 0.2) is 0 Å². The smallest absolute Gasteiger partial charge is 0.225 e. The number of rotatable bonds is 4. The molecule has 0 bridgehead atoms. The molecule has 1 heterocycles. The van der Waals surface area contributed by atoms with E-state index in [9.17, 15) is 0 Å². The fourth-order valence-electron chi connectivity index (χ4n) is 1.17. The van der Waals surface area contributed by atoms with Gasteiger partial charge in [-0.25, -0.2) is 4.98 Å². The van der Waals surface area contributed by atoms with E-state index >= 15 is 0 Å². The van der Waals surface area contributed by atoms with Crippen LogP contribution < -0.4 is 11.1 Å². The molecule has 0 spiro atoms. The van der Waals surface area contributed by atoms with Crippen LogP contribution in [0.3, 0.4) is 0 Å². The Bertz CT molecular complexity index is 279. The number of anilines is 2. The van der Waals surface area contributed by atoms with Gasteiger partial charge in [-0.15, -0.1) is 0 Å². The van der Waals surface area contributed by atoms with Gasteiger partial charge in [0.2, 0.25) is 5.95 Å². The van der Waals surface area contributed by atoms with E-state index in [0.29, 0.717) is 22.4 Å². The number of nitrogen functional groups attached to an aromatic ring is 1. The van der Waals surface area contributed by atoms with Gasteiger partial charge in [0.05, 0.1) is 0 Å². The molecule has 1 rings (SSSR count). The van der Waals surface area contributed by atoms with E-state index in [1.54, 1.807) is 6.07 Å². The van der Waals surface area contributed by atoms with E-state index in [0.717, 1.165) is 12.8 Å². The monoisotopic (exact) mass is 258 g/mol. The molecule has 5 heteroatoms. The Morgan fingerprint density at radius 1 is 1.43 bits per heavy atom. The normalized spacial score (nSPS) is 10.6. The Kier molecular flexibility index (Phi) is 4.13. The van der Waals surface area contributed by atoms with Crippen molar-refractivity contribution in [3.05, 3.63) is 10.7 Å². The van der Waals surface area contributed by atoms with Crippen molar-refractivity contribution in [1.29, 1.82) is 0 Å². The minimum atomic E-state index is 0.406. The van der Waals surface area contributed by atoms with Crippen LogP contribution in [0.4, 0.5) is 11.8 Å². The van der Waals surface area contributed by atoms with E-state index in [4.69, 9.17) is 5.73 Å². The van der Waals surface area contributed by atoms with Gasteiger partial charge in [0, 0.05) is 12.1 Å². The molecule has 78 valence electrons. The Hall–Kier alpha value is -0.840. The van der Waals surface area contributed by atoms with Crippen molar-refractivity contribution in [3.8, 4) is 0 Å². The number of halogens is 1. The predicted octanol–water partition coefficient (Wildman–Crippen LogP) is 2.42. The molecule has 14 heavy (non-hydrogen) atoms. The summed E-state index contributed by atoms with van der Waals surface area (Å²) in [5.74, 6) is 1.06. The molecule has 0 saturated carbocycles. The summed E-state index contributed by atoms with van der Waals surface area (Å²) in [4.78, 5) is 8.28. The van der Waals surface area contributed by atoms with Gasteiger partial charge in [-0.1, -0.05) is 13.8 Å². The van der Waals surface area contributed by atoms with E-state index < -0.39 is 0 Å². The van der Waals surface area contributed by atoms with Crippen LogP contribution >= 0.6 is 15.9 Å². The van der Waals surface area contributed by atoms with Crippen molar-refractivity contribution in [3.63, 3.8) is 0 Å². The number of hydrogen-bond donors (Lipinski definition) is 2. The highest BCUT2D eigenvalue weighted by molar-refractivity contribution is 9.10. The quantitative estimate of drug-likeness (QED) is 0.815. The van der Waals surface area contributed by atoms with Crippen molar-refractivity contribution in [2.75, 3.05) is 11.1 Å². The first-order valence-corrected chi connectivity index (χ1v) is 5.51. The maximum absolute atomic E-state index is 5.60. The predicted molar refractivity (Wildman–Crippen MR) is 62.1 cm³/mol. The van der Waals surface area contributed by atoms with Gasteiger partial charge in [-0.2, -0.15) is 4.98 Å². The van der Waals surface area contributed by atoms with Crippen LogP contribution in [0.25, 0.3) is 0 Å². The van der Waals surface area contributed by atoms with Crippen LogP contribution in [-0.4, -0.2) is 16.0 Å². The summed E-state index contributed by atoms with van der Waals surface area (Å²) in [6.07, 6.45) is 2.10. The second-order valence-corrected chi connectivity index (χ2v) is 3.91. The van der Waals surface area contributed by atoms with E-state index in [1.807, 2.05) is 0 Å². The molecule has 0 aliphatic carbocycles. The molecule has 0 radical (unpaired) electrons. The molecule has 0 atom stereocenters. The number of nitrogens with zero attached hydrogens (tertiary/aromatic N) is 2. The largest absolute Gasteiger partial charge is 0.383 e. The van der Waals surface area contributed by atoms with Crippen LogP contribution in [0.15, 0.2) is 10.7 Å². The molecule has 0 aromatic carbocycles. The van der Waals surface area contributed by atoms with Crippen LogP contribution in [0.2, 0.25) is 0 Å². The van der Waals surface area contributed by atoms with E-state index in [2.05, 4.69) is 45.1 Å². The molecule has 1 aromatic heterocycles. The zero-order valence-corrected chi connectivity index (χ0v) is 10.0. The summed E-state index contributed by atoms with van der Waals surface area (Å²) in [6.45, 7) is 4.25. The summed E-state index contributed by atoms with van der Waals surface area (Å²) >= 11 is 3.28. The SMILES string of the molecule is CCC(CC)Nc1nc(N)cc(Br)n1. The third-order valence-corrected chi connectivity index (χ3v) is 2.44. The molecule has 0 amide bonds. The molecule has 0 unspecified atom stereocenters. The third-order valence-electron chi connectivity index (χ3n) is 2.03. The number of hydrogen-bond acceptors (Lipinski definition) is 4. The molecule has 0 saturated heterocycles. The van der Waals surface area contributed by atoms with Crippen LogP contribution in [0.5, 0.6) is 0 Å². The molecule has 1 aromatic rings. The highest BCUT2D eigenvalue weighted by Crippen LogP contribution is 2.14. The molecule has 0 aliphatic heterocycles. The molecule has 4 nitrogen and oxygen atoms in total. The third kappa shape index (κ3) is 3.14. The summed E-state index contributed by atoms with van der Waals surface area (Å²) in [7, 11) is 0. The average Bonchev–Trinajstić information content (AvgIpc) is 2.12. The maximum Gasteiger partial charge on any atom is 0.225 e. The highest BCUT2D eigenvalue weighted by atomic mass is 79.9. The summed E-state index contributed by atoms with van der Waals surface area (Å²) < 4.78 is 0.707. The topological polar surface area (TPSA) is 63.8 Å². The Morgan fingerprint density at radius 3 is 2.57 bits per heavy atom. The lowest BCUT2D eigenvalue weighted by Gasteiger charge is -2.14. The average molecular weight is 259 g/mol. The summed E-state index contributed by atoms with van der Waals surface area (Å²) in [5.41, 5.74) is 5.60. The van der Waals surface area contributed by atoms with Gasteiger partial charge in [-0.05, 0) is 28.8 Å². The van der Waals surface area contributed by atoms with E-state index in [1.165, 1.54) is 0 Å². The van der Waals surface area contributed by atoms with Crippen LogP contribution in [0, 0.1) is 0 Å². The Labute approximate surface area is 92.5 Å². The van der Waals surface area contributed by atoms with Crippen LogP contribution in [0.1, 0.15) is 26.7 Å². The van der Waals surface area contributed by atoms with Gasteiger partial charge >= 0.3 is 0 Å². The molecule has 0 fully saturated rings. The molecule has 3 N–H and O–H groups in total. The second kappa shape index (κ2) is 5.14. The number of nitrogens with one attached hydrogen (secondary N) is 1. The van der Waals surface area contributed by atoms with Crippen molar-refractivity contribution in [2.24, 2.45) is 0 Å².